The molecular weight excluding hydrogens is 459 g/mol. The van der Waals surface area contributed by atoms with E-state index in [4.69, 9.17) is 23.2 Å². The Morgan fingerprint density at radius 1 is 1.16 bits per heavy atom. The highest BCUT2D eigenvalue weighted by molar-refractivity contribution is 7.89. The molecule has 1 N–H and O–H groups in total. The Kier molecular flexibility index (Phi) is 7.06. The second-order valence-corrected chi connectivity index (χ2v) is 9.97. The monoisotopic (exact) mass is 480 g/mol. The molecule has 1 amide bonds. The number of nitrogens with zero attached hydrogens (tertiary/aromatic N) is 3. The minimum Gasteiger partial charge on any atom is -0.307 e. The van der Waals surface area contributed by atoms with E-state index in [1.165, 1.54) is 23.5 Å². The number of benzene rings is 2. The summed E-state index contributed by atoms with van der Waals surface area (Å²) in [5.74, 6) is -0.0169. The second-order valence-electron chi connectivity index (χ2n) is 7.18. The molecule has 7 nitrogen and oxygen atoms in total. The Balaban J connectivity index is 1.82. The molecule has 0 unspecified atom stereocenters. The number of carbonyl (C=O) groups is 1. The molecule has 3 rings (SSSR count). The molecule has 10 heteroatoms. The van der Waals surface area contributed by atoms with E-state index in [2.05, 4.69) is 10.4 Å². The van der Waals surface area contributed by atoms with Crippen molar-refractivity contribution in [3.63, 3.8) is 0 Å². The summed E-state index contributed by atoms with van der Waals surface area (Å²) in [6.45, 7) is 3.86. The van der Waals surface area contributed by atoms with E-state index in [-0.39, 0.29) is 16.5 Å². The summed E-state index contributed by atoms with van der Waals surface area (Å²) in [6.07, 6.45) is 1.55. The lowest BCUT2D eigenvalue weighted by molar-refractivity contribution is 0.102. The highest BCUT2D eigenvalue weighted by Gasteiger charge is 2.24. The number of nitrogens with one attached hydrogen (secondary N) is 1. The number of carbonyl (C=O) groups excluding carboxylic acids is 1. The van der Waals surface area contributed by atoms with E-state index in [0.717, 1.165) is 5.56 Å². The molecule has 0 saturated carbocycles. The summed E-state index contributed by atoms with van der Waals surface area (Å²) in [4.78, 5) is 12.9. The molecular formula is C21H22Cl2N4O3S. The molecule has 0 aliphatic rings. The van der Waals surface area contributed by atoms with Crippen molar-refractivity contribution in [1.82, 2.24) is 14.1 Å². The Morgan fingerprint density at radius 3 is 2.58 bits per heavy atom. The highest BCUT2D eigenvalue weighted by Crippen LogP contribution is 2.27. The predicted molar refractivity (Wildman–Crippen MR) is 122 cm³/mol. The van der Waals surface area contributed by atoms with E-state index in [9.17, 15) is 13.2 Å². The third kappa shape index (κ3) is 5.10. The van der Waals surface area contributed by atoms with Crippen molar-refractivity contribution >= 4 is 45.0 Å². The van der Waals surface area contributed by atoms with Crippen LogP contribution in [0.2, 0.25) is 10.0 Å². The van der Waals surface area contributed by atoms with E-state index in [1.54, 1.807) is 55.1 Å². The first-order valence-electron chi connectivity index (χ1n) is 9.45. The van der Waals surface area contributed by atoms with Crippen molar-refractivity contribution in [2.45, 2.75) is 31.3 Å². The SMILES string of the molecule is CC(C)N(C)S(=O)(=O)c1cccc(C(=O)Nc2ccnn2Cc2cccc(Cl)c2Cl)c1. The van der Waals surface area contributed by atoms with Gasteiger partial charge in [-0.3, -0.25) is 4.79 Å². The fourth-order valence-electron chi connectivity index (χ4n) is 2.83. The predicted octanol–water partition coefficient (Wildman–Crippen LogP) is 4.52. The molecule has 164 valence electrons. The molecule has 2 aromatic carbocycles. The lowest BCUT2D eigenvalue weighted by Crippen LogP contribution is -2.33. The number of hydrogen-bond donors (Lipinski definition) is 1. The van der Waals surface area contributed by atoms with Crippen LogP contribution in [0.25, 0.3) is 0 Å². The number of hydrogen-bond acceptors (Lipinski definition) is 4. The van der Waals surface area contributed by atoms with Gasteiger partial charge in [0.15, 0.2) is 0 Å². The average molecular weight is 481 g/mol. The van der Waals surface area contributed by atoms with Gasteiger partial charge in [-0.15, -0.1) is 0 Å². The fourth-order valence-corrected chi connectivity index (χ4v) is 4.62. The van der Waals surface area contributed by atoms with Crippen LogP contribution in [-0.4, -0.2) is 41.5 Å². The van der Waals surface area contributed by atoms with Gasteiger partial charge < -0.3 is 5.32 Å². The molecule has 1 heterocycles. The van der Waals surface area contributed by atoms with Crippen molar-refractivity contribution in [2.75, 3.05) is 12.4 Å². The Labute approximate surface area is 191 Å². The lowest BCUT2D eigenvalue weighted by atomic mass is 10.2. The molecule has 0 aliphatic heterocycles. The topological polar surface area (TPSA) is 84.3 Å². The van der Waals surface area contributed by atoms with Gasteiger partial charge in [-0.1, -0.05) is 41.4 Å². The second kappa shape index (κ2) is 9.40. The molecule has 3 aromatic rings. The summed E-state index contributed by atoms with van der Waals surface area (Å²) < 4.78 is 28.3. The number of rotatable bonds is 7. The number of aromatic nitrogens is 2. The molecule has 0 fully saturated rings. The third-order valence-electron chi connectivity index (χ3n) is 4.81. The van der Waals surface area contributed by atoms with Gasteiger partial charge in [0.2, 0.25) is 10.0 Å². The van der Waals surface area contributed by atoms with Gasteiger partial charge in [-0.05, 0) is 43.7 Å². The zero-order valence-corrected chi connectivity index (χ0v) is 19.5. The van der Waals surface area contributed by atoms with Crippen LogP contribution in [-0.2, 0) is 16.6 Å². The minimum atomic E-state index is -3.71. The van der Waals surface area contributed by atoms with Crippen LogP contribution in [0.4, 0.5) is 5.82 Å². The Hall–Kier alpha value is -2.39. The van der Waals surface area contributed by atoms with Gasteiger partial charge in [0.25, 0.3) is 5.91 Å². The largest absolute Gasteiger partial charge is 0.307 e. The molecule has 0 atom stereocenters. The van der Waals surface area contributed by atoms with Gasteiger partial charge in [-0.2, -0.15) is 9.40 Å². The summed E-state index contributed by atoms with van der Waals surface area (Å²) >= 11 is 12.3. The van der Waals surface area contributed by atoms with Crippen LogP contribution in [0.3, 0.4) is 0 Å². The van der Waals surface area contributed by atoms with E-state index >= 15 is 0 Å². The summed E-state index contributed by atoms with van der Waals surface area (Å²) in [6, 6.07) is 12.6. The number of amides is 1. The van der Waals surface area contributed by atoms with E-state index in [1.807, 2.05) is 6.07 Å². The smallest absolute Gasteiger partial charge is 0.256 e. The maximum absolute atomic E-state index is 12.8. The van der Waals surface area contributed by atoms with Gasteiger partial charge in [0, 0.05) is 24.7 Å². The Bertz CT molecular complexity index is 1210. The maximum atomic E-state index is 12.8. The van der Waals surface area contributed by atoms with Crippen LogP contribution < -0.4 is 5.32 Å². The van der Waals surface area contributed by atoms with Crippen LogP contribution >= 0.6 is 23.2 Å². The quantitative estimate of drug-likeness (QED) is 0.538. The third-order valence-corrected chi connectivity index (χ3v) is 7.70. The van der Waals surface area contributed by atoms with Crippen LogP contribution in [0.1, 0.15) is 29.8 Å². The summed E-state index contributed by atoms with van der Waals surface area (Å²) in [7, 11) is -2.20. The van der Waals surface area contributed by atoms with Gasteiger partial charge in [0.1, 0.15) is 5.82 Å². The Morgan fingerprint density at radius 2 is 1.87 bits per heavy atom. The molecule has 0 saturated heterocycles. The standard InChI is InChI=1S/C21H22Cl2N4O3S/c1-14(2)26(3)31(29,30)17-8-4-6-15(12-17)21(28)25-19-10-11-24-27(19)13-16-7-5-9-18(22)20(16)23/h4-12,14H,13H2,1-3H3,(H,25,28). The average Bonchev–Trinajstić information content (AvgIpc) is 3.17. The van der Waals surface area contributed by atoms with E-state index in [0.29, 0.717) is 22.4 Å². The molecule has 31 heavy (non-hydrogen) atoms. The number of sulfonamides is 1. The summed E-state index contributed by atoms with van der Waals surface area (Å²) in [5.41, 5.74) is 0.963. The van der Waals surface area contributed by atoms with Crippen molar-refractivity contribution < 1.29 is 13.2 Å². The van der Waals surface area contributed by atoms with Gasteiger partial charge >= 0.3 is 0 Å². The number of anilines is 1. The van der Waals surface area contributed by atoms with Crippen molar-refractivity contribution in [2.24, 2.45) is 0 Å². The van der Waals surface area contributed by atoms with Crippen molar-refractivity contribution in [3.05, 3.63) is 75.9 Å². The first kappa shape index (κ1) is 23.3. The summed E-state index contributed by atoms with van der Waals surface area (Å²) in [5, 5.41) is 7.85. The highest BCUT2D eigenvalue weighted by atomic mass is 35.5. The van der Waals surface area contributed by atoms with Crippen LogP contribution in [0.5, 0.6) is 0 Å². The zero-order valence-electron chi connectivity index (χ0n) is 17.2. The molecule has 0 bridgehead atoms. The first-order chi connectivity index (χ1) is 14.6. The van der Waals surface area contributed by atoms with Crippen LogP contribution in [0, 0.1) is 0 Å². The van der Waals surface area contributed by atoms with E-state index < -0.39 is 15.9 Å². The lowest BCUT2D eigenvalue weighted by Gasteiger charge is -2.21. The van der Waals surface area contributed by atoms with Gasteiger partial charge in [-0.25, -0.2) is 13.1 Å². The zero-order chi connectivity index (χ0) is 22.8. The fraction of sp³-hybridized carbons (Fsp3) is 0.238. The first-order valence-corrected chi connectivity index (χ1v) is 11.6. The normalized spacial score (nSPS) is 11.8. The van der Waals surface area contributed by atoms with Gasteiger partial charge in [0.05, 0.1) is 27.7 Å². The van der Waals surface area contributed by atoms with Crippen molar-refractivity contribution in [1.29, 1.82) is 0 Å². The molecule has 1 aromatic heterocycles. The maximum Gasteiger partial charge on any atom is 0.256 e. The molecule has 0 aliphatic carbocycles. The molecule has 0 radical (unpaired) electrons. The van der Waals surface area contributed by atoms with Crippen LogP contribution in [0.15, 0.2) is 59.6 Å². The minimum absolute atomic E-state index is 0.0515. The number of halogens is 2. The molecule has 0 spiro atoms. The van der Waals surface area contributed by atoms with Crippen molar-refractivity contribution in [3.8, 4) is 0 Å².